The molecule has 9 nitrogen and oxygen atoms in total. The van der Waals surface area contributed by atoms with Crippen LogP contribution in [0.15, 0.2) is 79.0 Å². The summed E-state index contributed by atoms with van der Waals surface area (Å²) < 4.78 is 13.4. The Labute approximate surface area is 277 Å². The average molecular weight is 656 g/mol. The van der Waals surface area contributed by atoms with Gasteiger partial charge in [-0.3, -0.25) is 14.4 Å². The minimum Gasteiger partial charge on any atom is -0.393 e. The molecule has 4 aromatic rings. The second kappa shape index (κ2) is 13.9. The first kappa shape index (κ1) is 32.2. The van der Waals surface area contributed by atoms with Crippen LogP contribution in [0.2, 0.25) is 5.02 Å². The zero-order valence-electron chi connectivity index (χ0n) is 25.6. The third kappa shape index (κ3) is 7.29. The van der Waals surface area contributed by atoms with Gasteiger partial charge in [0.15, 0.2) is 0 Å². The van der Waals surface area contributed by atoms with Crippen LogP contribution in [0.25, 0.3) is 22.3 Å². The molecule has 0 bridgehead atoms. The number of carbonyl (C=O) groups excluding carboxylic acids is 3. The Morgan fingerprint density at radius 2 is 1.53 bits per heavy atom. The van der Waals surface area contributed by atoms with Gasteiger partial charge in [0, 0.05) is 53.6 Å². The number of aliphatic hydroxyl groups is 1. The van der Waals surface area contributed by atoms with E-state index in [9.17, 15) is 23.9 Å². The molecule has 1 saturated heterocycles. The van der Waals surface area contributed by atoms with Gasteiger partial charge >= 0.3 is 0 Å². The van der Waals surface area contributed by atoms with Gasteiger partial charge in [-0.15, -0.1) is 0 Å². The van der Waals surface area contributed by atoms with E-state index in [1.54, 1.807) is 65.7 Å². The lowest BCUT2D eigenvalue weighted by atomic mass is 9.92. The Balaban J connectivity index is 1.10. The zero-order valence-corrected chi connectivity index (χ0v) is 26.3. The quantitative estimate of drug-likeness (QED) is 0.208. The number of nitrogens with zero attached hydrogens (tertiary/aromatic N) is 2. The van der Waals surface area contributed by atoms with Gasteiger partial charge in [0.2, 0.25) is 0 Å². The van der Waals surface area contributed by atoms with Crippen LogP contribution in [0.5, 0.6) is 0 Å². The Morgan fingerprint density at radius 1 is 0.830 bits per heavy atom. The molecule has 0 unspecified atom stereocenters. The van der Waals surface area contributed by atoms with E-state index in [4.69, 9.17) is 17.3 Å². The van der Waals surface area contributed by atoms with Gasteiger partial charge < -0.3 is 26.4 Å². The standard InChI is InChI=1S/C36H35ClFN5O4/c37-32-18-24(38)9-14-29(32)21-5-7-22(8-6-21)36(47)43-16-15-26(20-43)42-35(46)31-17-23(19-40-33(31)39)28-3-1-2-4-30(28)34(45)41-25-10-12-27(44)13-11-25/h1-9,14,17-19,25-27,44H,10-13,15-16,20H2,(H2,39,40)(H,41,45)(H,42,46)/t25?,26-,27?/m1/s1. The highest BCUT2D eigenvalue weighted by atomic mass is 35.5. The highest BCUT2D eigenvalue weighted by molar-refractivity contribution is 6.33. The van der Waals surface area contributed by atoms with Crippen molar-refractivity contribution in [3.63, 3.8) is 0 Å². The molecule has 1 atom stereocenters. The Bertz CT molecular complexity index is 1810. The molecular formula is C36H35ClFN5O4. The molecule has 47 heavy (non-hydrogen) atoms. The number of nitrogen functional groups attached to an aromatic ring is 1. The molecule has 2 fully saturated rings. The van der Waals surface area contributed by atoms with E-state index in [-0.39, 0.29) is 46.4 Å². The predicted octanol–water partition coefficient (Wildman–Crippen LogP) is 5.47. The van der Waals surface area contributed by atoms with E-state index >= 15 is 0 Å². The fraction of sp³-hybridized carbons (Fsp3) is 0.278. The summed E-state index contributed by atoms with van der Waals surface area (Å²) in [5.74, 6) is -1.17. The predicted molar refractivity (Wildman–Crippen MR) is 178 cm³/mol. The highest BCUT2D eigenvalue weighted by Crippen LogP contribution is 2.30. The topological polar surface area (TPSA) is 138 Å². The van der Waals surface area contributed by atoms with Crippen LogP contribution in [0, 0.1) is 5.82 Å². The van der Waals surface area contributed by atoms with Gasteiger partial charge in [0.1, 0.15) is 11.6 Å². The average Bonchev–Trinajstić information content (AvgIpc) is 3.54. The van der Waals surface area contributed by atoms with E-state index in [0.29, 0.717) is 73.0 Å². The van der Waals surface area contributed by atoms with Crippen molar-refractivity contribution in [2.75, 3.05) is 18.8 Å². The van der Waals surface area contributed by atoms with Gasteiger partial charge in [0.05, 0.1) is 16.7 Å². The van der Waals surface area contributed by atoms with Crippen LogP contribution in [0.1, 0.15) is 63.2 Å². The van der Waals surface area contributed by atoms with Gasteiger partial charge in [0.25, 0.3) is 17.7 Å². The largest absolute Gasteiger partial charge is 0.393 e. The number of halogens is 2. The maximum Gasteiger partial charge on any atom is 0.255 e. The molecule has 2 heterocycles. The summed E-state index contributed by atoms with van der Waals surface area (Å²) in [6.07, 6.45) is 4.53. The van der Waals surface area contributed by atoms with Gasteiger partial charge in [-0.1, -0.05) is 41.9 Å². The molecular weight excluding hydrogens is 621 g/mol. The van der Waals surface area contributed by atoms with Crippen LogP contribution >= 0.6 is 11.6 Å². The van der Waals surface area contributed by atoms with E-state index in [1.807, 2.05) is 6.07 Å². The lowest BCUT2D eigenvalue weighted by molar-refractivity contribution is 0.0783. The van der Waals surface area contributed by atoms with Crippen molar-refractivity contribution < 1.29 is 23.9 Å². The first-order valence-corrected chi connectivity index (χ1v) is 16.0. The number of hydrogen-bond donors (Lipinski definition) is 4. The molecule has 2 aliphatic rings. The number of benzene rings is 3. The van der Waals surface area contributed by atoms with E-state index < -0.39 is 11.7 Å². The van der Waals surface area contributed by atoms with E-state index in [2.05, 4.69) is 15.6 Å². The van der Waals surface area contributed by atoms with Crippen LogP contribution in [-0.2, 0) is 0 Å². The minimum atomic E-state index is -0.421. The first-order valence-electron chi connectivity index (χ1n) is 15.7. The number of pyridine rings is 1. The summed E-state index contributed by atoms with van der Waals surface area (Å²) in [5, 5.41) is 16.2. The summed E-state index contributed by atoms with van der Waals surface area (Å²) in [7, 11) is 0. The number of aromatic nitrogens is 1. The summed E-state index contributed by atoms with van der Waals surface area (Å²) in [6, 6.07) is 19.6. The molecule has 242 valence electrons. The fourth-order valence-corrected chi connectivity index (χ4v) is 6.52. The molecule has 0 spiro atoms. The number of hydrogen-bond acceptors (Lipinski definition) is 6. The van der Waals surface area contributed by atoms with Crippen LogP contribution < -0.4 is 16.4 Å². The molecule has 1 saturated carbocycles. The number of aliphatic hydroxyl groups excluding tert-OH is 1. The third-order valence-corrected chi connectivity index (χ3v) is 9.18. The van der Waals surface area contributed by atoms with Crippen molar-refractivity contribution in [2.45, 2.75) is 50.3 Å². The molecule has 11 heteroatoms. The number of carbonyl (C=O) groups is 3. The minimum absolute atomic E-state index is 0.0115. The summed E-state index contributed by atoms with van der Waals surface area (Å²) in [5.41, 5.74) is 9.88. The Hall–Kier alpha value is -4.80. The third-order valence-electron chi connectivity index (χ3n) is 8.86. The zero-order chi connectivity index (χ0) is 33.1. The van der Waals surface area contributed by atoms with Crippen LogP contribution in [-0.4, -0.2) is 64.0 Å². The van der Waals surface area contributed by atoms with Crippen molar-refractivity contribution in [2.24, 2.45) is 0 Å². The van der Waals surface area contributed by atoms with Gasteiger partial charge in [-0.05, 0) is 85.7 Å². The molecule has 3 aromatic carbocycles. The Morgan fingerprint density at radius 3 is 2.28 bits per heavy atom. The van der Waals surface area contributed by atoms with Crippen molar-refractivity contribution in [3.05, 3.63) is 107 Å². The molecule has 6 rings (SSSR count). The van der Waals surface area contributed by atoms with Crippen molar-refractivity contribution in [3.8, 4) is 22.3 Å². The van der Waals surface area contributed by atoms with Crippen molar-refractivity contribution in [1.29, 1.82) is 0 Å². The highest BCUT2D eigenvalue weighted by Gasteiger charge is 2.29. The normalized spacial score (nSPS) is 19.3. The van der Waals surface area contributed by atoms with Gasteiger partial charge in [-0.2, -0.15) is 0 Å². The number of anilines is 1. The molecule has 1 aliphatic carbocycles. The Kier molecular flexibility index (Phi) is 9.51. The SMILES string of the molecule is Nc1ncc(-c2ccccc2C(=O)NC2CCC(O)CC2)cc1C(=O)N[C@@H]1CCN(C(=O)c2ccc(-c3ccc(F)cc3Cl)cc2)C1. The summed E-state index contributed by atoms with van der Waals surface area (Å²) in [4.78, 5) is 45.9. The first-order chi connectivity index (χ1) is 22.7. The number of nitrogens with two attached hydrogens (primary N) is 1. The smallest absolute Gasteiger partial charge is 0.255 e. The number of rotatable bonds is 7. The molecule has 1 aliphatic heterocycles. The molecule has 0 radical (unpaired) electrons. The van der Waals surface area contributed by atoms with Crippen LogP contribution in [0.4, 0.5) is 10.2 Å². The maximum atomic E-state index is 13.4. The number of likely N-dealkylation sites (tertiary alicyclic amines) is 1. The monoisotopic (exact) mass is 655 g/mol. The summed E-state index contributed by atoms with van der Waals surface area (Å²) in [6.45, 7) is 0.788. The van der Waals surface area contributed by atoms with E-state index in [1.165, 1.54) is 12.1 Å². The maximum absolute atomic E-state index is 13.4. The lowest BCUT2D eigenvalue weighted by Crippen LogP contribution is -2.39. The molecule has 3 amide bonds. The van der Waals surface area contributed by atoms with E-state index in [0.717, 1.165) is 5.56 Å². The fourth-order valence-electron chi connectivity index (χ4n) is 6.24. The van der Waals surface area contributed by atoms with Crippen LogP contribution in [0.3, 0.4) is 0 Å². The summed E-state index contributed by atoms with van der Waals surface area (Å²) >= 11 is 6.19. The van der Waals surface area contributed by atoms with Crippen molar-refractivity contribution >= 4 is 35.1 Å². The van der Waals surface area contributed by atoms with Gasteiger partial charge in [-0.25, -0.2) is 9.37 Å². The van der Waals surface area contributed by atoms with Crippen molar-refractivity contribution in [1.82, 2.24) is 20.5 Å². The second-order valence-electron chi connectivity index (χ2n) is 12.1. The molecule has 1 aromatic heterocycles. The number of nitrogens with one attached hydrogen (secondary N) is 2. The molecule has 5 N–H and O–H groups in total. The lowest BCUT2D eigenvalue weighted by Gasteiger charge is -2.26. The second-order valence-corrected chi connectivity index (χ2v) is 12.5. The number of amides is 3.